The van der Waals surface area contributed by atoms with E-state index < -0.39 is 5.60 Å². The molecule has 0 aliphatic heterocycles. The minimum absolute atomic E-state index is 0.388. The third-order valence-corrected chi connectivity index (χ3v) is 4.35. The predicted octanol–water partition coefficient (Wildman–Crippen LogP) is 5.30. The molecular formula is C20H22BrN3O2. The van der Waals surface area contributed by atoms with E-state index in [2.05, 4.69) is 26.8 Å². The summed E-state index contributed by atoms with van der Waals surface area (Å²) in [6.07, 6.45) is 1.37. The Labute approximate surface area is 161 Å². The van der Waals surface area contributed by atoms with Crippen LogP contribution in [0.15, 0.2) is 59.2 Å². The van der Waals surface area contributed by atoms with E-state index in [1.807, 2.05) is 69.3 Å². The number of hydrogen-bond acceptors (Lipinski definition) is 4. The number of para-hydroxylation sites is 1. The first-order valence-electron chi connectivity index (χ1n) is 8.41. The zero-order valence-corrected chi connectivity index (χ0v) is 16.6. The molecule has 0 aliphatic rings. The highest BCUT2D eigenvalue weighted by Crippen LogP contribution is 2.30. The summed E-state index contributed by atoms with van der Waals surface area (Å²) < 4.78 is 7.90. The zero-order chi connectivity index (χ0) is 18.7. The van der Waals surface area contributed by atoms with E-state index >= 15 is 0 Å². The Hall–Kier alpha value is -2.31. The maximum absolute atomic E-state index is 12.5. The largest absolute Gasteiger partial charge is 0.443 e. The molecule has 5 nitrogen and oxygen atoms in total. The molecular weight excluding hydrogens is 394 g/mol. The van der Waals surface area contributed by atoms with Crippen molar-refractivity contribution in [1.82, 2.24) is 9.99 Å². The summed E-state index contributed by atoms with van der Waals surface area (Å²) in [6.45, 7) is 6.17. The minimum atomic E-state index is -0.543. The van der Waals surface area contributed by atoms with Crippen LogP contribution in [0.5, 0.6) is 0 Å². The van der Waals surface area contributed by atoms with Crippen LogP contribution < -0.4 is 10.9 Å². The van der Waals surface area contributed by atoms with Gasteiger partial charge in [-0.15, -0.1) is 0 Å². The van der Waals surface area contributed by atoms with Crippen molar-refractivity contribution in [3.05, 3.63) is 64.8 Å². The van der Waals surface area contributed by atoms with E-state index in [9.17, 15) is 4.79 Å². The number of hydrazine groups is 1. The Balaban J connectivity index is 1.83. The van der Waals surface area contributed by atoms with Crippen molar-refractivity contribution in [1.29, 1.82) is 0 Å². The molecule has 0 saturated heterocycles. The fraction of sp³-hybridized carbons (Fsp3) is 0.250. The summed E-state index contributed by atoms with van der Waals surface area (Å²) in [4.78, 5) is 12.5. The molecule has 2 N–H and O–H groups in total. The molecule has 1 heterocycles. The summed E-state index contributed by atoms with van der Waals surface area (Å²) in [5.41, 5.74) is 8.72. The van der Waals surface area contributed by atoms with Crippen molar-refractivity contribution >= 4 is 38.6 Å². The normalized spacial score (nSPS) is 11.5. The van der Waals surface area contributed by atoms with Crippen LogP contribution in [0.1, 0.15) is 26.3 Å². The van der Waals surface area contributed by atoms with Crippen molar-refractivity contribution in [3.63, 3.8) is 0 Å². The number of benzene rings is 2. The van der Waals surface area contributed by atoms with Crippen LogP contribution in [0, 0.1) is 0 Å². The molecule has 6 heteroatoms. The number of nitrogens with zero attached hydrogens (tertiary/aromatic N) is 1. The molecule has 1 aromatic heterocycles. The Morgan fingerprint density at radius 1 is 1.12 bits per heavy atom. The number of ether oxygens (including phenoxy) is 1. The van der Waals surface area contributed by atoms with Crippen LogP contribution in [0.4, 0.5) is 10.5 Å². The monoisotopic (exact) mass is 415 g/mol. The molecule has 0 fully saturated rings. The molecule has 0 radical (unpaired) electrons. The summed E-state index contributed by atoms with van der Waals surface area (Å²) in [7, 11) is 0. The van der Waals surface area contributed by atoms with Gasteiger partial charge in [0.2, 0.25) is 0 Å². The Kier molecular flexibility index (Phi) is 5.34. The van der Waals surface area contributed by atoms with Crippen LogP contribution in [0.3, 0.4) is 0 Å². The van der Waals surface area contributed by atoms with Crippen molar-refractivity contribution in [2.24, 2.45) is 0 Å². The second-order valence-corrected chi connectivity index (χ2v) is 7.84. The van der Waals surface area contributed by atoms with Gasteiger partial charge in [0.1, 0.15) is 5.60 Å². The van der Waals surface area contributed by atoms with Crippen LogP contribution in [-0.4, -0.2) is 16.3 Å². The first kappa shape index (κ1) is 18.5. The maximum Gasteiger partial charge on any atom is 0.419 e. The van der Waals surface area contributed by atoms with Gasteiger partial charge in [-0.25, -0.2) is 10.2 Å². The van der Waals surface area contributed by atoms with Crippen molar-refractivity contribution in [3.8, 4) is 0 Å². The van der Waals surface area contributed by atoms with E-state index in [0.29, 0.717) is 6.54 Å². The van der Waals surface area contributed by atoms with Crippen molar-refractivity contribution in [2.45, 2.75) is 32.9 Å². The molecule has 0 aliphatic carbocycles. The van der Waals surface area contributed by atoms with Gasteiger partial charge >= 0.3 is 6.09 Å². The van der Waals surface area contributed by atoms with Crippen molar-refractivity contribution in [2.75, 3.05) is 5.43 Å². The lowest BCUT2D eigenvalue weighted by atomic mass is 10.1. The summed E-state index contributed by atoms with van der Waals surface area (Å²) in [5, 5.41) is 0.987. The first-order chi connectivity index (χ1) is 12.3. The van der Waals surface area contributed by atoms with Gasteiger partial charge in [-0.05, 0) is 60.5 Å². The van der Waals surface area contributed by atoms with E-state index in [1.54, 1.807) is 10.8 Å². The Morgan fingerprint density at radius 3 is 2.54 bits per heavy atom. The van der Waals surface area contributed by atoms with Crippen LogP contribution in [0.25, 0.3) is 10.9 Å². The van der Waals surface area contributed by atoms with Crippen LogP contribution in [-0.2, 0) is 11.3 Å². The molecule has 0 spiro atoms. The maximum atomic E-state index is 12.5. The quantitative estimate of drug-likeness (QED) is 0.567. The minimum Gasteiger partial charge on any atom is -0.443 e. The lowest BCUT2D eigenvalue weighted by Gasteiger charge is -2.19. The van der Waals surface area contributed by atoms with Crippen molar-refractivity contribution < 1.29 is 9.53 Å². The van der Waals surface area contributed by atoms with Gasteiger partial charge in [0.05, 0.1) is 5.52 Å². The fourth-order valence-electron chi connectivity index (χ4n) is 2.68. The Morgan fingerprint density at radius 2 is 1.85 bits per heavy atom. The lowest BCUT2D eigenvalue weighted by molar-refractivity contribution is 0.0544. The number of halogens is 1. The number of hydrogen-bond donors (Lipinski definition) is 2. The number of aromatic nitrogens is 1. The van der Waals surface area contributed by atoms with Gasteiger partial charge in [0.25, 0.3) is 0 Å². The average Bonchev–Trinajstić information content (AvgIpc) is 2.92. The fourth-order valence-corrected chi connectivity index (χ4v) is 3.35. The molecule has 3 aromatic rings. The number of nitrogens with one attached hydrogen (secondary N) is 2. The van der Waals surface area contributed by atoms with Gasteiger partial charge in [-0.1, -0.05) is 30.3 Å². The third-order valence-electron chi connectivity index (χ3n) is 3.75. The molecule has 0 unspecified atom stereocenters. The highest BCUT2D eigenvalue weighted by Gasteiger charge is 2.21. The average molecular weight is 416 g/mol. The first-order valence-corrected chi connectivity index (χ1v) is 9.20. The van der Waals surface area contributed by atoms with Crippen LogP contribution in [0.2, 0.25) is 0 Å². The van der Waals surface area contributed by atoms with Gasteiger partial charge in [-0.3, -0.25) is 4.57 Å². The van der Waals surface area contributed by atoms with E-state index in [0.717, 1.165) is 26.6 Å². The highest BCUT2D eigenvalue weighted by molar-refractivity contribution is 9.10. The highest BCUT2D eigenvalue weighted by atomic mass is 79.9. The molecule has 3 rings (SSSR count). The number of carbonyl (C=O) groups is 1. The van der Waals surface area contributed by atoms with E-state index in [-0.39, 0.29) is 6.09 Å². The molecule has 0 saturated carbocycles. The number of carbonyl (C=O) groups excluding carboxylic acids is 1. The molecule has 0 bridgehead atoms. The lowest BCUT2D eigenvalue weighted by Crippen LogP contribution is -2.26. The van der Waals surface area contributed by atoms with E-state index in [4.69, 9.17) is 4.74 Å². The van der Waals surface area contributed by atoms with Gasteiger partial charge in [0.15, 0.2) is 0 Å². The SMILES string of the molecule is CC(C)(C)OC(=O)n1cc(Br)c2c(CNNc3ccccc3)cccc21. The second kappa shape index (κ2) is 7.51. The molecule has 0 amide bonds. The van der Waals surface area contributed by atoms with Crippen LogP contribution >= 0.6 is 15.9 Å². The molecule has 0 atom stereocenters. The number of rotatable bonds is 4. The van der Waals surface area contributed by atoms with Gasteiger partial charge in [0, 0.05) is 28.3 Å². The predicted molar refractivity (Wildman–Crippen MR) is 108 cm³/mol. The molecule has 26 heavy (non-hydrogen) atoms. The van der Waals surface area contributed by atoms with E-state index in [1.165, 1.54) is 0 Å². The summed E-state index contributed by atoms with van der Waals surface area (Å²) in [6, 6.07) is 15.8. The summed E-state index contributed by atoms with van der Waals surface area (Å²) >= 11 is 3.58. The van der Waals surface area contributed by atoms with Gasteiger partial charge < -0.3 is 10.2 Å². The zero-order valence-electron chi connectivity index (χ0n) is 15.0. The second-order valence-electron chi connectivity index (χ2n) is 6.98. The standard InChI is InChI=1S/C20H22BrN3O2/c1-20(2,3)26-19(25)24-13-16(21)18-14(8-7-11-17(18)24)12-22-23-15-9-5-4-6-10-15/h4-11,13,22-23H,12H2,1-3H3. The Bertz CT molecular complexity index is 914. The third kappa shape index (κ3) is 4.26. The number of anilines is 1. The topological polar surface area (TPSA) is 55.3 Å². The molecule has 2 aromatic carbocycles. The van der Waals surface area contributed by atoms with Gasteiger partial charge in [-0.2, -0.15) is 0 Å². The molecule has 136 valence electrons. The number of fused-ring (bicyclic) bond motifs is 1. The smallest absolute Gasteiger partial charge is 0.419 e. The summed E-state index contributed by atoms with van der Waals surface area (Å²) in [5.74, 6) is 0.